The highest BCUT2D eigenvalue weighted by atomic mass is 35.5. The summed E-state index contributed by atoms with van der Waals surface area (Å²) in [6.45, 7) is 2.07. The van der Waals surface area contributed by atoms with Crippen molar-refractivity contribution in [2.75, 3.05) is 0 Å². The van der Waals surface area contributed by atoms with Gasteiger partial charge in [-0.1, -0.05) is 36.2 Å². The number of halogens is 2. The van der Waals surface area contributed by atoms with Gasteiger partial charge in [0.05, 0.1) is 6.42 Å². The molecule has 1 aromatic carbocycles. The van der Waals surface area contributed by atoms with Crippen LogP contribution in [0.15, 0.2) is 36.5 Å². The molecule has 19 heavy (non-hydrogen) atoms. The Morgan fingerprint density at radius 3 is 2.37 bits per heavy atom. The van der Waals surface area contributed by atoms with Crippen LogP contribution in [-0.2, 0) is 12.8 Å². The van der Waals surface area contributed by atoms with Gasteiger partial charge in [-0.15, -0.1) is 0 Å². The van der Waals surface area contributed by atoms with Crippen LogP contribution in [0, 0.1) is 0 Å². The molecule has 0 radical (unpaired) electrons. The molecule has 0 aliphatic carbocycles. The highest BCUT2D eigenvalue weighted by molar-refractivity contribution is 6.35. The minimum absolute atomic E-state index is 0.0406. The minimum atomic E-state index is -0.0406. The van der Waals surface area contributed by atoms with E-state index >= 15 is 0 Å². The van der Waals surface area contributed by atoms with Crippen LogP contribution in [-0.4, -0.2) is 10.8 Å². The Balaban J connectivity index is 2.15. The van der Waals surface area contributed by atoms with E-state index in [0.29, 0.717) is 15.6 Å². The molecule has 0 bridgehead atoms. The molecule has 2 nitrogen and oxygen atoms in total. The predicted octanol–water partition coefficient (Wildman–Crippen LogP) is 4.38. The number of ketones is 1. The molecule has 0 aliphatic rings. The SMILES string of the molecule is CCc1ccc(CC(=O)c2cc(Cl)cc(Cl)c2)nc1. The van der Waals surface area contributed by atoms with E-state index in [1.165, 1.54) is 0 Å². The molecule has 0 aliphatic heterocycles. The standard InChI is InChI=1S/C15H13Cl2NO/c1-2-10-3-4-14(18-9-10)8-15(19)11-5-12(16)7-13(17)6-11/h3-7,9H,2,8H2,1H3. The quantitative estimate of drug-likeness (QED) is 0.783. The second-order valence-electron chi connectivity index (χ2n) is 4.27. The van der Waals surface area contributed by atoms with Crippen molar-refractivity contribution in [3.05, 3.63) is 63.4 Å². The summed E-state index contributed by atoms with van der Waals surface area (Å²) in [5.41, 5.74) is 2.42. The van der Waals surface area contributed by atoms with Crippen LogP contribution in [0.5, 0.6) is 0 Å². The largest absolute Gasteiger partial charge is 0.294 e. The fourth-order valence-corrected chi connectivity index (χ4v) is 2.28. The predicted molar refractivity (Wildman–Crippen MR) is 78.1 cm³/mol. The van der Waals surface area contributed by atoms with Gasteiger partial charge in [0.25, 0.3) is 0 Å². The van der Waals surface area contributed by atoms with Gasteiger partial charge in [0, 0.05) is 27.5 Å². The van der Waals surface area contributed by atoms with E-state index in [0.717, 1.165) is 17.7 Å². The Bertz CT molecular complexity index is 573. The van der Waals surface area contributed by atoms with Crippen LogP contribution in [0.2, 0.25) is 10.0 Å². The monoisotopic (exact) mass is 293 g/mol. The molecule has 98 valence electrons. The van der Waals surface area contributed by atoms with Crippen molar-refractivity contribution in [3.8, 4) is 0 Å². The molecule has 2 aromatic rings. The van der Waals surface area contributed by atoms with Gasteiger partial charge >= 0.3 is 0 Å². The maximum atomic E-state index is 12.1. The summed E-state index contributed by atoms with van der Waals surface area (Å²) >= 11 is 11.8. The van der Waals surface area contributed by atoms with Gasteiger partial charge in [0.2, 0.25) is 0 Å². The highest BCUT2D eigenvalue weighted by Gasteiger charge is 2.10. The molecule has 2 rings (SSSR count). The Hall–Kier alpha value is -1.38. The van der Waals surface area contributed by atoms with Crippen LogP contribution in [0.3, 0.4) is 0 Å². The third kappa shape index (κ3) is 3.79. The van der Waals surface area contributed by atoms with Gasteiger partial charge in [-0.3, -0.25) is 9.78 Å². The zero-order valence-corrected chi connectivity index (χ0v) is 12.0. The molecule has 4 heteroatoms. The summed E-state index contributed by atoms with van der Waals surface area (Å²) in [5.74, 6) is -0.0406. The average molecular weight is 294 g/mol. The third-order valence-electron chi connectivity index (χ3n) is 2.82. The van der Waals surface area contributed by atoms with Crippen molar-refractivity contribution in [1.82, 2.24) is 4.98 Å². The number of carbonyl (C=O) groups is 1. The second-order valence-corrected chi connectivity index (χ2v) is 5.14. The molecule has 0 saturated heterocycles. The van der Waals surface area contributed by atoms with E-state index in [9.17, 15) is 4.79 Å². The van der Waals surface area contributed by atoms with Crippen molar-refractivity contribution >= 4 is 29.0 Å². The first-order chi connectivity index (χ1) is 9.08. The number of Topliss-reactive ketones (excluding diaryl/α,β-unsaturated/α-hetero) is 1. The first-order valence-electron chi connectivity index (χ1n) is 6.01. The van der Waals surface area contributed by atoms with Crippen molar-refractivity contribution in [1.29, 1.82) is 0 Å². The Kier molecular flexibility index (Phi) is 4.56. The summed E-state index contributed by atoms with van der Waals surface area (Å²) < 4.78 is 0. The maximum absolute atomic E-state index is 12.1. The number of carbonyl (C=O) groups excluding carboxylic acids is 1. The number of nitrogens with zero attached hydrogens (tertiary/aromatic N) is 1. The van der Waals surface area contributed by atoms with Gasteiger partial charge in [0.1, 0.15) is 0 Å². The van der Waals surface area contributed by atoms with E-state index < -0.39 is 0 Å². The Morgan fingerprint density at radius 2 is 1.84 bits per heavy atom. The summed E-state index contributed by atoms with van der Waals surface area (Å²) in [4.78, 5) is 16.4. The van der Waals surface area contributed by atoms with Gasteiger partial charge in [-0.2, -0.15) is 0 Å². The molecule has 0 atom stereocenters. The molecule has 0 fully saturated rings. The highest BCUT2D eigenvalue weighted by Crippen LogP contribution is 2.20. The van der Waals surface area contributed by atoms with Gasteiger partial charge in [-0.25, -0.2) is 0 Å². The van der Waals surface area contributed by atoms with E-state index in [1.807, 2.05) is 12.1 Å². The lowest BCUT2D eigenvalue weighted by Gasteiger charge is -2.03. The molecular weight excluding hydrogens is 281 g/mol. The fraction of sp³-hybridized carbons (Fsp3) is 0.200. The summed E-state index contributed by atoms with van der Waals surface area (Å²) in [5, 5.41) is 0.926. The molecule has 0 spiro atoms. The molecule has 0 N–H and O–H groups in total. The number of hydrogen-bond acceptors (Lipinski definition) is 2. The van der Waals surface area contributed by atoms with Crippen LogP contribution in [0.1, 0.15) is 28.5 Å². The van der Waals surface area contributed by atoms with Crippen LogP contribution in [0.4, 0.5) is 0 Å². The number of rotatable bonds is 4. The van der Waals surface area contributed by atoms with Gasteiger partial charge < -0.3 is 0 Å². The normalized spacial score (nSPS) is 10.5. The zero-order chi connectivity index (χ0) is 13.8. The lowest BCUT2D eigenvalue weighted by atomic mass is 10.1. The molecule has 1 heterocycles. The summed E-state index contributed by atoms with van der Waals surface area (Å²) in [7, 11) is 0. The number of aromatic nitrogens is 1. The molecule has 0 unspecified atom stereocenters. The lowest BCUT2D eigenvalue weighted by molar-refractivity contribution is 0.0992. The number of aryl methyl sites for hydroxylation is 1. The lowest BCUT2D eigenvalue weighted by Crippen LogP contribution is -2.05. The second kappa shape index (κ2) is 6.18. The van der Waals surface area contributed by atoms with Crippen molar-refractivity contribution in [2.24, 2.45) is 0 Å². The van der Waals surface area contributed by atoms with Gasteiger partial charge in [-0.05, 0) is 36.2 Å². The summed E-state index contributed by atoms with van der Waals surface area (Å²) in [6, 6.07) is 8.71. The van der Waals surface area contributed by atoms with E-state index in [4.69, 9.17) is 23.2 Å². The van der Waals surface area contributed by atoms with E-state index in [1.54, 1.807) is 24.4 Å². The van der Waals surface area contributed by atoms with Crippen molar-refractivity contribution < 1.29 is 4.79 Å². The van der Waals surface area contributed by atoms with Crippen molar-refractivity contribution in [3.63, 3.8) is 0 Å². The summed E-state index contributed by atoms with van der Waals surface area (Å²) in [6.07, 6.45) is 2.99. The zero-order valence-electron chi connectivity index (χ0n) is 10.5. The van der Waals surface area contributed by atoms with Crippen LogP contribution < -0.4 is 0 Å². The van der Waals surface area contributed by atoms with E-state index in [2.05, 4.69) is 11.9 Å². The number of benzene rings is 1. The Morgan fingerprint density at radius 1 is 1.16 bits per heavy atom. The molecule has 0 amide bonds. The van der Waals surface area contributed by atoms with Crippen molar-refractivity contribution in [2.45, 2.75) is 19.8 Å². The molecular formula is C15H13Cl2NO. The maximum Gasteiger partial charge on any atom is 0.168 e. The minimum Gasteiger partial charge on any atom is -0.294 e. The van der Waals surface area contributed by atoms with Gasteiger partial charge in [0.15, 0.2) is 5.78 Å². The first-order valence-corrected chi connectivity index (χ1v) is 6.77. The van der Waals surface area contributed by atoms with Crippen LogP contribution in [0.25, 0.3) is 0 Å². The number of hydrogen-bond donors (Lipinski definition) is 0. The molecule has 0 saturated carbocycles. The van der Waals surface area contributed by atoms with Crippen LogP contribution >= 0.6 is 23.2 Å². The Labute approximate surface area is 122 Å². The smallest absolute Gasteiger partial charge is 0.168 e. The molecule has 1 aromatic heterocycles. The number of pyridine rings is 1. The third-order valence-corrected chi connectivity index (χ3v) is 3.26. The fourth-order valence-electron chi connectivity index (χ4n) is 1.75. The average Bonchev–Trinajstić information content (AvgIpc) is 2.38. The topological polar surface area (TPSA) is 30.0 Å². The first kappa shape index (κ1) is 14.0. The van der Waals surface area contributed by atoms with E-state index in [-0.39, 0.29) is 12.2 Å².